The van der Waals surface area contributed by atoms with E-state index in [1.54, 1.807) is 6.07 Å². The Hall–Kier alpha value is -1.57. The number of para-hydroxylation sites is 1. The van der Waals surface area contributed by atoms with E-state index in [4.69, 9.17) is 0 Å². The number of fused-ring (bicyclic) bond motifs is 1. The number of nitrogens with zero attached hydrogens (tertiary/aromatic N) is 1. The van der Waals surface area contributed by atoms with E-state index >= 15 is 0 Å². The van der Waals surface area contributed by atoms with Crippen LogP contribution in [0.25, 0.3) is 10.9 Å². The molecule has 15 heavy (non-hydrogen) atoms. The molecule has 2 aromatic rings. The number of aromatic nitrogens is 1. The molecule has 0 amide bonds. The lowest BCUT2D eigenvalue weighted by atomic mass is 10.1. The van der Waals surface area contributed by atoms with E-state index in [2.05, 4.69) is 11.9 Å². The molecule has 0 atom stereocenters. The molecule has 0 unspecified atom stereocenters. The Labute approximate surface area is 89.6 Å². The van der Waals surface area contributed by atoms with Gasteiger partial charge in [-0.15, -0.1) is 0 Å². The summed E-state index contributed by atoms with van der Waals surface area (Å²) in [5.74, 6) is 0.340. The van der Waals surface area contributed by atoms with Gasteiger partial charge in [0.25, 0.3) is 0 Å². The number of hydrogen-bond acceptors (Lipinski definition) is 2. The van der Waals surface area contributed by atoms with Crippen LogP contribution in [-0.4, -0.2) is 10.1 Å². The molecule has 0 saturated heterocycles. The van der Waals surface area contributed by atoms with Crippen molar-refractivity contribution in [2.24, 2.45) is 0 Å². The highest BCUT2D eigenvalue weighted by Gasteiger charge is 2.03. The number of unbranched alkanes of at least 4 members (excludes halogenated alkanes) is 1. The second-order valence-electron chi connectivity index (χ2n) is 3.75. The maximum absolute atomic E-state index is 9.81. The van der Waals surface area contributed by atoms with Crippen molar-refractivity contribution in [3.8, 4) is 5.75 Å². The van der Waals surface area contributed by atoms with E-state index in [9.17, 15) is 5.11 Å². The van der Waals surface area contributed by atoms with Crippen LogP contribution in [0.5, 0.6) is 5.75 Å². The van der Waals surface area contributed by atoms with Gasteiger partial charge < -0.3 is 5.11 Å². The topological polar surface area (TPSA) is 33.1 Å². The molecular weight excluding hydrogens is 186 g/mol. The Morgan fingerprint density at radius 1 is 1.27 bits per heavy atom. The van der Waals surface area contributed by atoms with Crippen molar-refractivity contribution in [3.05, 3.63) is 36.0 Å². The van der Waals surface area contributed by atoms with E-state index in [1.807, 2.05) is 24.3 Å². The van der Waals surface area contributed by atoms with Crippen LogP contribution in [-0.2, 0) is 6.42 Å². The molecule has 0 radical (unpaired) electrons. The summed E-state index contributed by atoms with van der Waals surface area (Å²) in [6.45, 7) is 2.15. The first-order valence-electron chi connectivity index (χ1n) is 5.39. The van der Waals surface area contributed by atoms with Gasteiger partial charge in [0.2, 0.25) is 0 Å². The van der Waals surface area contributed by atoms with Crippen LogP contribution in [0.4, 0.5) is 0 Å². The Kier molecular flexibility index (Phi) is 2.86. The average molecular weight is 201 g/mol. The lowest BCUT2D eigenvalue weighted by Gasteiger charge is -2.04. The maximum Gasteiger partial charge on any atom is 0.126 e. The minimum atomic E-state index is 0.340. The van der Waals surface area contributed by atoms with E-state index in [0.717, 1.165) is 35.9 Å². The molecule has 78 valence electrons. The summed E-state index contributed by atoms with van der Waals surface area (Å²) >= 11 is 0. The number of benzene rings is 1. The summed E-state index contributed by atoms with van der Waals surface area (Å²) in [6, 6.07) is 9.46. The molecular formula is C13H15NO. The van der Waals surface area contributed by atoms with Crippen molar-refractivity contribution in [1.82, 2.24) is 4.98 Å². The van der Waals surface area contributed by atoms with Gasteiger partial charge in [-0.1, -0.05) is 25.5 Å². The normalized spacial score (nSPS) is 10.7. The SMILES string of the molecule is CCCCc1cc(O)c2ccccc2n1. The lowest BCUT2D eigenvalue weighted by molar-refractivity contribution is 0.480. The van der Waals surface area contributed by atoms with Gasteiger partial charge in [-0.05, 0) is 25.0 Å². The minimum absolute atomic E-state index is 0.340. The number of aryl methyl sites for hydroxylation is 1. The summed E-state index contributed by atoms with van der Waals surface area (Å²) in [7, 11) is 0. The summed E-state index contributed by atoms with van der Waals surface area (Å²) in [4.78, 5) is 4.51. The number of pyridine rings is 1. The molecule has 0 aliphatic heterocycles. The van der Waals surface area contributed by atoms with Gasteiger partial charge in [0.05, 0.1) is 5.52 Å². The van der Waals surface area contributed by atoms with Gasteiger partial charge in [0, 0.05) is 17.1 Å². The zero-order valence-electron chi connectivity index (χ0n) is 8.90. The highest BCUT2D eigenvalue weighted by atomic mass is 16.3. The maximum atomic E-state index is 9.81. The second kappa shape index (κ2) is 4.30. The summed E-state index contributed by atoms with van der Waals surface area (Å²) in [5.41, 5.74) is 1.86. The van der Waals surface area contributed by atoms with Crippen LogP contribution in [0.1, 0.15) is 25.5 Å². The summed E-state index contributed by atoms with van der Waals surface area (Å²) in [6.07, 6.45) is 3.20. The Bertz CT molecular complexity index is 465. The fourth-order valence-electron chi connectivity index (χ4n) is 1.70. The third kappa shape index (κ3) is 2.09. The molecule has 0 saturated carbocycles. The number of hydrogen-bond donors (Lipinski definition) is 1. The quantitative estimate of drug-likeness (QED) is 0.826. The van der Waals surface area contributed by atoms with Gasteiger partial charge in [0.1, 0.15) is 5.75 Å². The fourth-order valence-corrected chi connectivity index (χ4v) is 1.70. The van der Waals surface area contributed by atoms with E-state index in [-0.39, 0.29) is 0 Å². The highest BCUT2D eigenvalue weighted by molar-refractivity contribution is 5.84. The van der Waals surface area contributed by atoms with Crippen molar-refractivity contribution in [2.75, 3.05) is 0 Å². The molecule has 2 rings (SSSR count). The minimum Gasteiger partial charge on any atom is -0.507 e. The molecule has 0 aliphatic rings. The van der Waals surface area contributed by atoms with Crippen LogP contribution >= 0.6 is 0 Å². The molecule has 0 fully saturated rings. The van der Waals surface area contributed by atoms with Crippen LogP contribution < -0.4 is 0 Å². The Balaban J connectivity index is 2.43. The molecule has 0 spiro atoms. The number of rotatable bonds is 3. The Morgan fingerprint density at radius 2 is 2.07 bits per heavy atom. The number of aromatic hydroxyl groups is 1. The first-order valence-corrected chi connectivity index (χ1v) is 5.39. The third-order valence-corrected chi connectivity index (χ3v) is 2.53. The second-order valence-corrected chi connectivity index (χ2v) is 3.75. The van der Waals surface area contributed by atoms with E-state index < -0.39 is 0 Å². The van der Waals surface area contributed by atoms with Crippen LogP contribution in [0.2, 0.25) is 0 Å². The smallest absolute Gasteiger partial charge is 0.126 e. The molecule has 0 aliphatic carbocycles. The van der Waals surface area contributed by atoms with Gasteiger partial charge in [0.15, 0.2) is 0 Å². The van der Waals surface area contributed by atoms with E-state index in [1.165, 1.54) is 0 Å². The fraction of sp³-hybridized carbons (Fsp3) is 0.308. The predicted octanol–water partition coefficient (Wildman–Crippen LogP) is 3.28. The summed E-state index contributed by atoms with van der Waals surface area (Å²) in [5, 5.41) is 10.6. The van der Waals surface area contributed by atoms with Crippen molar-refractivity contribution >= 4 is 10.9 Å². The monoisotopic (exact) mass is 201 g/mol. The van der Waals surface area contributed by atoms with Gasteiger partial charge >= 0.3 is 0 Å². The predicted molar refractivity (Wildman–Crippen MR) is 62.0 cm³/mol. The molecule has 1 heterocycles. The Morgan fingerprint density at radius 3 is 2.87 bits per heavy atom. The molecule has 2 nitrogen and oxygen atoms in total. The lowest BCUT2D eigenvalue weighted by Crippen LogP contribution is -1.90. The summed E-state index contributed by atoms with van der Waals surface area (Å²) < 4.78 is 0. The largest absolute Gasteiger partial charge is 0.507 e. The molecule has 1 aromatic heterocycles. The van der Waals surface area contributed by atoms with Gasteiger partial charge in [-0.3, -0.25) is 4.98 Å². The van der Waals surface area contributed by atoms with Crippen molar-refractivity contribution < 1.29 is 5.11 Å². The van der Waals surface area contributed by atoms with Gasteiger partial charge in [-0.25, -0.2) is 0 Å². The highest BCUT2D eigenvalue weighted by Crippen LogP contribution is 2.24. The van der Waals surface area contributed by atoms with Crippen LogP contribution in [0, 0.1) is 0 Å². The molecule has 1 N–H and O–H groups in total. The van der Waals surface area contributed by atoms with Crippen LogP contribution in [0.3, 0.4) is 0 Å². The third-order valence-electron chi connectivity index (χ3n) is 2.53. The van der Waals surface area contributed by atoms with Crippen molar-refractivity contribution in [3.63, 3.8) is 0 Å². The zero-order chi connectivity index (χ0) is 10.7. The average Bonchev–Trinajstić information content (AvgIpc) is 2.26. The van der Waals surface area contributed by atoms with E-state index in [0.29, 0.717) is 5.75 Å². The zero-order valence-corrected chi connectivity index (χ0v) is 8.90. The first kappa shape index (κ1) is 9.97. The van der Waals surface area contributed by atoms with Gasteiger partial charge in [-0.2, -0.15) is 0 Å². The van der Waals surface area contributed by atoms with Crippen LogP contribution in [0.15, 0.2) is 30.3 Å². The standard InChI is InChI=1S/C13H15NO/c1-2-3-6-10-9-13(15)11-7-4-5-8-12(11)14-10/h4-5,7-9H,2-3,6H2,1H3,(H,14,15). The van der Waals surface area contributed by atoms with Crippen molar-refractivity contribution in [2.45, 2.75) is 26.2 Å². The first-order chi connectivity index (χ1) is 7.31. The molecule has 1 aromatic carbocycles. The molecule has 2 heteroatoms. The molecule has 0 bridgehead atoms. The van der Waals surface area contributed by atoms with Crippen molar-refractivity contribution in [1.29, 1.82) is 0 Å².